The van der Waals surface area contributed by atoms with Crippen LogP contribution in [0.2, 0.25) is 0 Å². The van der Waals surface area contributed by atoms with Crippen molar-refractivity contribution in [3.63, 3.8) is 0 Å². The third-order valence-electron chi connectivity index (χ3n) is 5.04. The van der Waals surface area contributed by atoms with E-state index in [1.165, 1.54) is 0 Å². The second-order valence-electron chi connectivity index (χ2n) is 7.29. The second-order valence-corrected chi connectivity index (χ2v) is 8.21. The first-order valence-corrected chi connectivity index (χ1v) is 11.0. The van der Waals surface area contributed by atoms with Crippen molar-refractivity contribution in [2.45, 2.75) is 13.8 Å². The van der Waals surface area contributed by atoms with Crippen LogP contribution in [0.15, 0.2) is 77.3 Å². The minimum Gasteiger partial charge on any atom is -0.462 e. The summed E-state index contributed by atoms with van der Waals surface area (Å²) in [7, 11) is 0. The zero-order valence-corrected chi connectivity index (χ0v) is 19.3. The van der Waals surface area contributed by atoms with Crippen LogP contribution in [0.3, 0.4) is 0 Å². The van der Waals surface area contributed by atoms with Crippen molar-refractivity contribution in [1.82, 2.24) is 4.98 Å². The van der Waals surface area contributed by atoms with E-state index in [4.69, 9.17) is 9.72 Å². The Morgan fingerprint density at radius 3 is 2.41 bits per heavy atom. The monoisotopic (exact) mass is 488 g/mol. The van der Waals surface area contributed by atoms with Gasteiger partial charge < -0.3 is 10.1 Å². The van der Waals surface area contributed by atoms with E-state index >= 15 is 0 Å². The van der Waals surface area contributed by atoms with Crippen LogP contribution in [0.25, 0.3) is 22.2 Å². The summed E-state index contributed by atoms with van der Waals surface area (Å²) < 4.78 is 5.89. The maximum atomic E-state index is 13.3. The van der Waals surface area contributed by atoms with Crippen LogP contribution < -0.4 is 5.32 Å². The molecule has 32 heavy (non-hydrogen) atoms. The van der Waals surface area contributed by atoms with Crippen molar-refractivity contribution >= 4 is 44.4 Å². The van der Waals surface area contributed by atoms with E-state index in [1.807, 2.05) is 55.5 Å². The Bertz CT molecular complexity index is 1300. The molecule has 1 amide bonds. The molecule has 0 saturated heterocycles. The first kappa shape index (κ1) is 21.7. The number of aromatic nitrogens is 1. The molecule has 0 bridgehead atoms. The van der Waals surface area contributed by atoms with Crippen LogP contribution >= 0.6 is 15.9 Å². The number of nitrogens with one attached hydrogen (secondary N) is 1. The number of pyridine rings is 1. The summed E-state index contributed by atoms with van der Waals surface area (Å²) in [5, 5.41) is 3.69. The molecule has 1 aromatic heterocycles. The lowest BCUT2D eigenvalue weighted by atomic mass is 10.0. The van der Waals surface area contributed by atoms with Crippen molar-refractivity contribution < 1.29 is 14.3 Å². The summed E-state index contributed by atoms with van der Waals surface area (Å²) in [6.07, 6.45) is 0. The van der Waals surface area contributed by atoms with Gasteiger partial charge in [-0.25, -0.2) is 9.78 Å². The topological polar surface area (TPSA) is 68.3 Å². The zero-order valence-electron chi connectivity index (χ0n) is 17.7. The third-order valence-corrected chi connectivity index (χ3v) is 5.49. The minimum atomic E-state index is -0.390. The molecular weight excluding hydrogens is 468 g/mol. The lowest BCUT2D eigenvalue weighted by molar-refractivity contribution is 0.0526. The van der Waals surface area contributed by atoms with Crippen LogP contribution in [0, 0.1) is 6.92 Å². The highest BCUT2D eigenvalue weighted by atomic mass is 79.9. The van der Waals surface area contributed by atoms with E-state index in [-0.39, 0.29) is 5.91 Å². The molecule has 1 heterocycles. The van der Waals surface area contributed by atoms with E-state index in [2.05, 4.69) is 21.2 Å². The van der Waals surface area contributed by atoms with Gasteiger partial charge in [0, 0.05) is 21.1 Å². The summed E-state index contributed by atoms with van der Waals surface area (Å²) in [4.78, 5) is 30.0. The average molecular weight is 489 g/mol. The first-order valence-electron chi connectivity index (χ1n) is 10.2. The SMILES string of the molecule is CCOC(=O)c1ccc(NC(=O)c2cc(-c3ccccc3)nc3c(C)cc(Br)cc23)cc1. The van der Waals surface area contributed by atoms with Crippen molar-refractivity contribution in [2.24, 2.45) is 0 Å². The number of carbonyl (C=O) groups is 2. The molecule has 6 heteroatoms. The number of hydrogen-bond donors (Lipinski definition) is 1. The van der Waals surface area contributed by atoms with Gasteiger partial charge in [0.1, 0.15) is 0 Å². The van der Waals surface area contributed by atoms with Gasteiger partial charge in [0.2, 0.25) is 0 Å². The van der Waals surface area contributed by atoms with E-state index in [1.54, 1.807) is 31.2 Å². The number of fused-ring (bicyclic) bond motifs is 1. The number of ether oxygens (including phenoxy) is 1. The molecule has 0 spiro atoms. The summed E-state index contributed by atoms with van der Waals surface area (Å²) in [6.45, 7) is 4.05. The van der Waals surface area contributed by atoms with E-state index in [0.717, 1.165) is 32.2 Å². The summed E-state index contributed by atoms with van der Waals surface area (Å²) >= 11 is 3.53. The zero-order chi connectivity index (χ0) is 22.7. The Labute approximate surface area is 194 Å². The van der Waals surface area contributed by atoms with Gasteiger partial charge in [-0.3, -0.25) is 4.79 Å². The number of anilines is 1. The number of carbonyl (C=O) groups excluding carboxylic acids is 2. The Morgan fingerprint density at radius 1 is 1.00 bits per heavy atom. The molecule has 1 N–H and O–H groups in total. The molecule has 0 fully saturated rings. The molecule has 0 unspecified atom stereocenters. The molecule has 3 aromatic carbocycles. The maximum absolute atomic E-state index is 13.3. The first-order chi connectivity index (χ1) is 15.5. The number of rotatable bonds is 5. The highest BCUT2D eigenvalue weighted by Gasteiger charge is 2.17. The number of benzene rings is 3. The predicted molar refractivity (Wildman–Crippen MR) is 130 cm³/mol. The molecule has 4 rings (SSSR count). The fourth-order valence-electron chi connectivity index (χ4n) is 3.50. The lowest BCUT2D eigenvalue weighted by Crippen LogP contribution is -2.13. The molecule has 4 aromatic rings. The molecular formula is C26H21BrN2O3. The van der Waals surface area contributed by atoms with Gasteiger partial charge in [-0.1, -0.05) is 46.3 Å². The maximum Gasteiger partial charge on any atom is 0.338 e. The van der Waals surface area contributed by atoms with Gasteiger partial charge in [0.05, 0.1) is 28.9 Å². The minimum absolute atomic E-state index is 0.254. The number of esters is 1. The van der Waals surface area contributed by atoms with Gasteiger partial charge in [-0.05, 0) is 61.9 Å². The number of amides is 1. The standard InChI is InChI=1S/C26H21BrN2O3/c1-3-32-26(31)18-9-11-20(12-10-18)28-25(30)22-15-23(17-7-5-4-6-8-17)29-24-16(2)13-19(27)14-21(22)24/h4-15H,3H2,1-2H3,(H,28,30). The second kappa shape index (κ2) is 9.32. The smallest absolute Gasteiger partial charge is 0.338 e. The van der Waals surface area contributed by atoms with Crippen LogP contribution in [-0.4, -0.2) is 23.5 Å². The highest BCUT2D eigenvalue weighted by Crippen LogP contribution is 2.30. The highest BCUT2D eigenvalue weighted by molar-refractivity contribution is 9.10. The van der Waals surface area contributed by atoms with Gasteiger partial charge in [-0.2, -0.15) is 0 Å². The average Bonchev–Trinajstić information content (AvgIpc) is 2.79. The van der Waals surface area contributed by atoms with Crippen molar-refractivity contribution in [2.75, 3.05) is 11.9 Å². The predicted octanol–water partition coefficient (Wildman–Crippen LogP) is 6.40. The third kappa shape index (κ3) is 4.55. The Morgan fingerprint density at radius 2 is 1.72 bits per heavy atom. The van der Waals surface area contributed by atoms with Gasteiger partial charge in [-0.15, -0.1) is 0 Å². The molecule has 0 saturated carbocycles. The van der Waals surface area contributed by atoms with Crippen molar-refractivity contribution in [3.8, 4) is 11.3 Å². The van der Waals surface area contributed by atoms with Crippen LogP contribution in [0.4, 0.5) is 5.69 Å². The quantitative estimate of drug-likeness (QED) is 0.330. The summed E-state index contributed by atoms with van der Waals surface area (Å²) in [5.74, 6) is -0.644. The Hall–Kier alpha value is -3.51. The van der Waals surface area contributed by atoms with Crippen LogP contribution in [-0.2, 0) is 4.74 Å². The molecule has 0 atom stereocenters. The van der Waals surface area contributed by atoms with Crippen molar-refractivity contribution in [1.29, 1.82) is 0 Å². The number of aryl methyl sites for hydroxylation is 1. The molecule has 0 radical (unpaired) electrons. The molecule has 160 valence electrons. The molecule has 5 nitrogen and oxygen atoms in total. The lowest BCUT2D eigenvalue weighted by Gasteiger charge is -2.13. The van der Waals surface area contributed by atoms with Gasteiger partial charge >= 0.3 is 5.97 Å². The summed E-state index contributed by atoms with van der Waals surface area (Å²) in [5.41, 5.74) is 4.95. The van der Waals surface area contributed by atoms with Crippen LogP contribution in [0.5, 0.6) is 0 Å². The number of hydrogen-bond acceptors (Lipinski definition) is 4. The number of nitrogens with zero attached hydrogens (tertiary/aromatic N) is 1. The van der Waals surface area contributed by atoms with Crippen molar-refractivity contribution in [3.05, 3.63) is 94.0 Å². The van der Waals surface area contributed by atoms with E-state index < -0.39 is 5.97 Å². The normalized spacial score (nSPS) is 10.7. The summed E-state index contributed by atoms with van der Waals surface area (Å²) in [6, 6.07) is 22.1. The van der Waals surface area contributed by atoms with E-state index in [9.17, 15) is 9.59 Å². The Kier molecular flexibility index (Phi) is 6.32. The van der Waals surface area contributed by atoms with Gasteiger partial charge in [0.15, 0.2) is 0 Å². The molecule has 0 aliphatic carbocycles. The fourth-order valence-corrected chi connectivity index (χ4v) is 4.08. The van der Waals surface area contributed by atoms with Gasteiger partial charge in [0.25, 0.3) is 5.91 Å². The van der Waals surface area contributed by atoms with E-state index in [0.29, 0.717) is 23.4 Å². The Balaban J connectivity index is 1.74. The van der Waals surface area contributed by atoms with Crippen LogP contribution in [0.1, 0.15) is 33.2 Å². The largest absolute Gasteiger partial charge is 0.462 e. The molecule has 0 aliphatic heterocycles. The number of halogens is 1. The fraction of sp³-hybridized carbons (Fsp3) is 0.115. The molecule has 0 aliphatic rings.